The van der Waals surface area contributed by atoms with Crippen LogP contribution < -0.4 is 0 Å². The maximum Gasteiger partial charge on any atom is 0.0652 e. The second-order valence-corrected chi connectivity index (χ2v) is 4.04. The highest BCUT2D eigenvalue weighted by Gasteiger charge is 2.23. The Bertz CT molecular complexity index is 144. The molecule has 0 heterocycles. The summed E-state index contributed by atoms with van der Waals surface area (Å²) in [6.07, 6.45) is 1.02. The van der Waals surface area contributed by atoms with E-state index in [0.717, 1.165) is 12.1 Å². The Labute approximate surface area is 69.3 Å². The minimum Gasteiger partial charge on any atom is -0.411 e. The molecular weight excluding hydrogens is 138 g/mol. The van der Waals surface area contributed by atoms with Crippen molar-refractivity contribution < 1.29 is 5.21 Å². The van der Waals surface area contributed by atoms with Crippen molar-refractivity contribution in [2.24, 2.45) is 16.5 Å². The summed E-state index contributed by atoms with van der Waals surface area (Å²) in [6, 6.07) is 0. The van der Waals surface area contributed by atoms with Gasteiger partial charge < -0.3 is 5.21 Å². The molecule has 0 saturated heterocycles. The second kappa shape index (κ2) is 3.74. The molecule has 1 atom stereocenters. The summed E-state index contributed by atoms with van der Waals surface area (Å²) < 4.78 is 0. The highest BCUT2D eigenvalue weighted by atomic mass is 16.4. The first-order valence-electron chi connectivity index (χ1n) is 4.15. The normalized spacial score (nSPS) is 16.6. The maximum absolute atomic E-state index is 8.75. The summed E-state index contributed by atoms with van der Waals surface area (Å²) in [4.78, 5) is 0. The quantitative estimate of drug-likeness (QED) is 0.373. The third-order valence-corrected chi connectivity index (χ3v) is 1.96. The van der Waals surface area contributed by atoms with Gasteiger partial charge >= 0.3 is 0 Å². The van der Waals surface area contributed by atoms with Crippen molar-refractivity contribution >= 4 is 5.71 Å². The first-order chi connectivity index (χ1) is 4.93. The zero-order valence-electron chi connectivity index (χ0n) is 8.18. The summed E-state index contributed by atoms with van der Waals surface area (Å²) in [7, 11) is 0. The first-order valence-corrected chi connectivity index (χ1v) is 4.15. The smallest absolute Gasteiger partial charge is 0.0652 e. The molecule has 0 aliphatic rings. The zero-order chi connectivity index (χ0) is 9.07. The van der Waals surface area contributed by atoms with E-state index in [1.165, 1.54) is 0 Å². The fourth-order valence-corrected chi connectivity index (χ4v) is 1.18. The minimum atomic E-state index is -0.00975. The number of hydrogen-bond acceptors (Lipinski definition) is 2. The van der Waals surface area contributed by atoms with Gasteiger partial charge in [0.2, 0.25) is 0 Å². The van der Waals surface area contributed by atoms with E-state index in [-0.39, 0.29) is 5.41 Å². The van der Waals surface area contributed by atoms with Crippen LogP contribution in [-0.4, -0.2) is 10.9 Å². The minimum absolute atomic E-state index is 0.00975. The predicted octanol–water partition coefficient (Wildman–Crippen LogP) is 2.91. The van der Waals surface area contributed by atoms with Gasteiger partial charge in [0.05, 0.1) is 5.71 Å². The van der Waals surface area contributed by atoms with E-state index in [2.05, 4.69) is 39.8 Å². The van der Waals surface area contributed by atoms with Gasteiger partial charge in [0.25, 0.3) is 0 Å². The molecule has 0 aromatic rings. The summed E-state index contributed by atoms with van der Waals surface area (Å²) in [5, 5.41) is 12.1. The molecule has 0 spiro atoms. The van der Waals surface area contributed by atoms with Crippen molar-refractivity contribution in [3.05, 3.63) is 0 Å². The van der Waals surface area contributed by atoms with Crippen LogP contribution in [0.15, 0.2) is 5.16 Å². The van der Waals surface area contributed by atoms with Crippen LogP contribution in [0.3, 0.4) is 0 Å². The Hall–Kier alpha value is -0.530. The van der Waals surface area contributed by atoms with E-state index in [1.807, 2.05) is 0 Å². The predicted molar refractivity (Wildman–Crippen MR) is 48.1 cm³/mol. The van der Waals surface area contributed by atoms with Gasteiger partial charge in [0.1, 0.15) is 0 Å². The van der Waals surface area contributed by atoms with Crippen molar-refractivity contribution in [1.29, 1.82) is 0 Å². The van der Waals surface area contributed by atoms with Crippen LogP contribution in [0.1, 0.15) is 41.0 Å². The van der Waals surface area contributed by atoms with Gasteiger partial charge in [-0.05, 0) is 12.3 Å². The standard InChI is InChI=1S/C9H19NO/c1-6-7(2)8(10-11)9(3,4)5/h7,11H,6H2,1-5H3/b10-8+. The molecule has 0 aromatic carbocycles. The number of rotatable bonds is 2. The summed E-state index contributed by atoms with van der Waals surface area (Å²) in [5.74, 6) is 0.375. The third-order valence-electron chi connectivity index (χ3n) is 1.96. The third kappa shape index (κ3) is 2.91. The SMILES string of the molecule is CCC(C)/C(=N\O)C(C)(C)C. The molecule has 1 N–H and O–H groups in total. The molecule has 0 aliphatic carbocycles. The molecule has 1 unspecified atom stereocenters. The van der Waals surface area contributed by atoms with Crippen LogP contribution in [0.5, 0.6) is 0 Å². The molecular formula is C9H19NO. The number of nitrogens with zero attached hydrogens (tertiary/aromatic N) is 1. The molecule has 2 heteroatoms. The van der Waals surface area contributed by atoms with Gasteiger partial charge in [-0.2, -0.15) is 0 Å². The maximum atomic E-state index is 8.75. The highest BCUT2D eigenvalue weighted by molar-refractivity contribution is 5.90. The molecule has 0 fully saturated rings. The van der Waals surface area contributed by atoms with E-state index < -0.39 is 0 Å². The average Bonchev–Trinajstić information content (AvgIpc) is 1.86. The lowest BCUT2D eigenvalue weighted by Gasteiger charge is -2.24. The second-order valence-electron chi connectivity index (χ2n) is 4.04. The number of hydrogen-bond donors (Lipinski definition) is 1. The topological polar surface area (TPSA) is 32.6 Å². The summed E-state index contributed by atoms with van der Waals surface area (Å²) >= 11 is 0. The van der Waals surface area contributed by atoms with Crippen LogP contribution in [0, 0.1) is 11.3 Å². The summed E-state index contributed by atoms with van der Waals surface area (Å²) in [5.41, 5.74) is 0.879. The van der Waals surface area contributed by atoms with E-state index >= 15 is 0 Å². The van der Waals surface area contributed by atoms with Crippen molar-refractivity contribution in [2.45, 2.75) is 41.0 Å². The molecule has 0 aliphatic heterocycles. The van der Waals surface area contributed by atoms with Crippen LogP contribution in [0.2, 0.25) is 0 Å². The van der Waals surface area contributed by atoms with E-state index in [9.17, 15) is 0 Å². The highest BCUT2D eigenvalue weighted by Crippen LogP contribution is 2.23. The van der Waals surface area contributed by atoms with Gasteiger partial charge in [-0.3, -0.25) is 0 Å². The molecule has 0 bridgehead atoms. The fourth-order valence-electron chi connectivity index (χ4n) is 1.18. The molecule has 0 radical (unpaired) electrons. The zero-order valence-corrected chi connectivity index (χ0v) is 8.18. The monoisotopic (exact) mass is 157 g/mol. The Morgan fingerprint density at radius 1 is 1.45 bits per heavy atom. The van der Waals surface area contributed by atoms with E-state index in [1.54, 1.807) is 0 Å². The lowest BCUT2D eigenvalue weighted by molar-refractivity contribution is 0.304. The fraction of sp³-hybridized carbons (Fsp3) is 0.889. The van der Waals surface area contributed by atoms with Gasteiger partial charge in [0, 0.05) is 5.41 Å². The van der Waals surface area contributed by atoms with Gasteiger partial charge in [-0.25, -0.2) is 0 Å². The largest absolute Gasteiger partial charge is 0.411 e. The molecule has 0 aromatic heterocycles. The van der Waals surface area contributed by atoms with E-state index in [4.69, 9.17) is 5.21 Å². The first kappa shape index (κ1) is 10.5. The lowest BCUT2D eigenvalue weighted by Crippen LogP contribution is -2.26. The van der Waals surface area contributed by atoms with Crippen molar-refractivity contribution in [3.8, 4) is 0 Å². The lowest BCUT2D eigenvalue weighted by atomic mass is 9.82. The van der Waals surface area contributed by atoms with Crippen LogP contribution >= 0.6 is 0 Å². The Kier molecular flexibility index (Phi) is 3.56. The molecule has 11 heavy (non-hydrogen) atoms. The Morgan fingerprint density at radius 3 is 2.00 bits per heavy atom. The Morgan fingerprint density at radius 2 is 1.91 bits per heavy atom. The Balaban J connectivity index is 4.44. The van der Waals surface area contributed by atoms with Crippen molar-refractivity contribution in [3.63, 3.8) is 0 Å². The molecule has 0 saturated carbocycles. The molecule has 0 rings (SSSR count). The van der Waals surface area contributed by atoms with Crippen molar-refractivity contribution in [1.82, 2.24) is 0 Å². The van der Waals surface area contributed by atoms with E-state index in [0.29, 0.717) is 5.92 Å². The molecule has 2 nitrogen and oxygen atoms in total. The van der Waals surface area contributed by atoms with Crippen LogP contribution in [0.25, 0.3) is 0 Å². The number of oxime groups is 1. The van der Waals surface area contributed by atoms with Crippen LogP contribution in [-0.2, 0) is 0 Å². The van der Waals surface area contributed by atoms with Gasteiger partial charge in [0.15, 0.2) is 0 Å². The summed E-state index contributed by atoms with van der Waals surface area (Å²) in [6.45, 7) is 10.4. The van der Waals surface area contributed by atoms with Crippen LogP contribution in [0.4, 0.5) is 0 Å². The molecule has 66 valence electrons. The van der Waals surface area contributed by atoms with Gasteiger partial charge in [-0.15, -0.1) is 0 Å². The molecule has 0 amide bonds. The van der Waals surface area contributed by atoms with Gasteiger partial charge in [-0.1, -0.05) is 39.8 Å². The van der Waals surface area contributed by atoms with Crippen molar-refractivity contribution in [2.75, 3.05) is 0 Å². The average molecular weight is 157 g/mol.